The average molecular weight is 512 g/mol. The number of benzene rings is 2. The quantitative estimate of drug-likeness (QED) is 0.234. The monoisotopic (exact) mass is 512 g/mol. The maximum atomic E-state index is 11.8. The number of guanidine groups is 1. The van der Waals surface area contributed by atoms with Gasteiger partial charge in [-0.05, 0) is 29.8 Å². The van der Waals surface area contributed by atoms with E-state index in [0.29, 0.717) is 25.7 Å². The molecule has 2 aromatic carbocycles. The molecular weight excluding hydrogens is 483 g/mol. The normalized spacial score (nSPS) is 10.5. The number of para-hydroxylation sites is 1. The molecule has 0 bridgehead atoms. The van der Waals surface area contributed by atoms with Crippen molar-refractivity contribution >= 4 is 35.8 Å². The van der Waals surface area contributed by atoms with Crippen molar-refractivity contribution in [2.75, 3.05) is 40.9 Å². The Labute approximate surface area is 189 Å². The molecule has 0 heterocycles. The maximum Gasteiger partial charge on any atom is 0.241 e. The van der Waals surface area contributed by atoms with Crippen molar-refractivity contribution < 1.29 is 14.3 Å². The van der Waals surface area contributed by atoms with Gasteiger partial charge < -0.3 is 25.0 Å². The molecule has 0 atom stereocenters. The number of likely N-dealkylation sites (N-methyl/N-ethyl adjacent to an activating group) is 1. The first-order valence-corrected chi connectivity index (χ1v) is 9.11. The second-order valence-corrected chi connectivity index (χ2v) is 6.24. The first-order valence-electron chi connectivity index (χ1n) is 9.11. The zero-order valence-corrected chi connectivity index (χ0v) is 19.4. The van der Waals surface area contributed by atoms with Crippen LogP contribution in [0.5, 0.6) is 11.5 Å². The first-order chi connectivity index (χ1) is 13.6. The van der Waals surface area contributed by atoms with Gasteiger partial charge in [0.15, 0.2) is 5.96 Å². The number of halogens is 1. The van der Waals surface area contributed by atoms with Gasteiger partial charge in [0.25, 0.3) is 0 Å². The number of amides is 1. The molecule has 0 unspecified atom stereocenters. The Morgan fingerprint density at radius 3 is 2.31 bits per heavy atom. The molecule has 0 aliphatic rings. The SMILES string of the molecule is COc1ccc(CN=C(NCCOc2ccccc2)NCC(=O)N(C)C)cc1.I. The minimum atomic E-state index is -0.0283. The Hall–Kier alpha value is -2.49. The topological polar surface area (TPSA) is 75.2 Å². The van der Waals surface area contributed by atoms with E-state index >= 15 is 0 Å². The van der Waals surface area contributed by atoms with E-state index in [1.807, 2.05) is 54.6 Å². The lowest BCUT2D eigenvalue weighted by Crippen LogP contribution is -2.44. The summed E-state index contributed by atoms with van der Waals surface area (Å²) >= 11 is 0. The lowest BCUT2D eigenvalue weighted by molar-refractivity contribution is -0.127. The van der Waals surface area contributed by atoms with E-state index in [4.69, 9.17) is 9.47 Å². The number of carbonyl (C=O) groups excluding carboxylic acids is 1. The predicted octanol–water partition coefficient (Wildman–Crippen LogP) is 2.52. The molecule has 7 nitrogen and oxygen atoms in total. The fourth-order valence-corrected chi connectivity index (χ4v) is 2.25. The number of nitrogens with zero attached hydrogens (tertiary/aromatic N) is 2. The van der Waals surface area contributed by atoms with Gasteiger partial charge in [-0.2, -0.15) is 0 Å². The summed E-state index contributed by atoms with van der Waals surface area (Å²) in [5, 5.41) is 6.26. The Kier molecular flexibility index (Phi) is 11.6. The van der Waals surface area contributed by atoms with Crippen LogP contribution in [0, 0.1) is 0 Å². The Morgan fingerprint density at radius 2 is 1.69 bits per heavy atom. The van der Waals surface area contributed by atoms with Crippen molar-refractivity contribution in [2.24, 2.45) is 4.99 Å². The van der Waals surface area contributed by atoms with Gasteiger partial charge in [-0.25, -0.2) is 4.99 Å². The summed E-state index contributed by atoms with van der Waals surface area (Å²) < 4.78 is 10.8. The second-order valence-electron chi connectivity index (χ2n) is 6.24. The van der Waals surface area contributed by atoms with Crippen LogP contribution < -0.4 is 20.1 Å². The van der Waals surface area contributed by atoms with Gasteiger partial charge in [0.2, 0.25) is 5.91 Å². The molecule has 0 saturated carbocycles. The molecule has 158 valence electrons. The smallest absolute Gasteiger partial charge is 0.241 e. The molecule has 2 aromatic rings. The van der Waals surface area contributed by atoms with Crippen molar-refractivity contribution in [3.05, 3.63) is 60.2 Å². The van der Waals surface area contributed by atoms with Gasteiger partial charge in [-0.1, -0.05) is 30.3 Å². The zero-order chi connectivity index (χ0) is 20.2. The molecule has 0 spiro atoms. The Morgan fingerprint density at radius 1 is 1.00 bits per heavy atom. The number of ether oxygens (including phenoxy) is 2. The summed E-state index contributed by atoms with van der Waals surface area (Å²) in [6.07, 6.45) is 0. The molecule has 8 heteroatoms. The minimum Gasteiger partial charge on any atom is -0.497 e. The number of carbonyl (C=O) groups is 1. The number of nitrogens with one attached hydrogen (secondary N) is 2. The summed E-state index contributed by atoms with van der Waals surface area (Å²) in [4.78, 5) is 17.9. The van der Waals surface area contributed by atoms with Crippen molar-refractivity contribution in [2.45, 2.75) is 6.54 Å². The zero-order valence-electron chi connectivity index (χ0n) is 17.1. The fourth-order valence-electron chi connectivity index (χ4n) is 2.25. The molecule has 2 rings (SSSR count). The molecule has 0 aliphatic carbocycles. The molecule has 1 amide bonds. The van der Waals surface area contributed by atoms with Gasteiger partial charge in [0.1, 0.15) is 18.1 Å². The third-order valence-corrected chi connectivity index (χ3v) is 3.89. The van der Waals surface area contributed by atoms with Crippen LogP contribution in [0.2, 0.25) is 0 Å². The van der Waals surface area contributed by atoms with Crippen molar-refractivity contribution in [3.63, 3.8) is 0 Å². The van der Waals surface area contributed by atoms with Gasteiger partial charge in [0.05, 0.1) is 26.7 Å². The summed E-state index contributed by atoms with van der Waals surface area (Å²) in [6, 6.07) is 17.3. The molecule has 0 aliphatic heterocycles. The van der Waals surface area contributed by atoms with E-state index in [1.165, 1.54) is 4.90 Å². The van der Waals surface area contributed by atoms with Crippen LogP contribution in [0.3, 0.4) is 0 Å². The highest BCUT2D eigenvalue weighted by atomic mass is 127. The maximum absolute atomic E-state index is 11.8. The second kappa shape index (κ2) is 13.6. The van der Waals surface area contributed by atoms with Gasteiger partial charge >= 0.3 is 0 Å². The van der Waals surface area contributed by atoms with E-state index in [9.17, 15) is 4.79 Å². The standard InChI is InChI=1S/C21H28N4O3.HI/c1-25(2)20(26)16-24-21(22-13-14-28-19-7-5-4-6-8-19)23-15-17-9-11-18(27-3)12-10-17;/h4-12H,13-16H2,1-3H3,(H2,22,23,24);1H. The van der Waals surface area contributed by atoms with E-state index in [2.05, 4.69) is 15.6 Å². The molecule has 29 heavy (non-hydrogen) atoms. The highest BCUT2D eigenvalue weighted by Gasteiger charge is 2.06. The number of rotatable bonds is 9. The third kappa shape index (κ3) is 9.51. The van der Waals surface area contributed by atoms with Crippen molar-refractivity contribution in [3.8, 4) is 11.5 Å². The van der Waals surface area contributed by atoms with Crippen LogP contribution in [0.25, 0.3) is 0 Å². The van der Waals surface area contributed by atoms with Crippen LogP contribution in [0.15, 0.2) is 59.6 Å². The van der Waals surface area contributed by atoms with Crippen LogP contribution in [0.4, 0.5) is 0 Å². The molecule has 0 aromatic heterocycles. The van der Waals surface area contributed by atoms with E-state index in [1.54, 1.807) is 21.2 Å². The number of methoxy groups -OCH3 is 1. The van der Waals surface area contributed by atoms with Gasteiger partial charge in [0, 0.05) is 14.1 Å². The van der Waals surface area contributed by atoms with Crippen molar-refractivity contribution in [1.29, 1.82) is 0 Å². The number of hydrogen-bond acceptors (Lipinski definition) is 4. The van der Waals surface area contributed by atoms with Gasteiger partial charge in [-0.3, -0.25) is 4.79 Å². The summed E-state index contributed by atoms with van der Waals surface area (Å²) in [6.45, 7) is 1.68. The molecule has 0 fully saturated rings. The van der Waals surface area contributed by atoms with Gasteiger partial charge in [-0.15, -0.1) is 24.0 Å². The highest BCUT2D eigenvalue weighted by Crippen LogP contribution is 2.11. The Bertz CT molecular complexity index is 752. The van der Waals surface area contributed by atoms with E-state index in [0.717, 1.165) is 17.1 Å². The predicted molar refractivity (Wildman–Crippen MR) is 126 cm³/mol. The largest absolute Gasteiger partial charge is 0.497 e. The van der Waals surface area contributed by atoms with Crippen molar-refractivity contribution in [1.82, 2.24) is 15.5 Å². The van der Waals surface area contributed by atoms with E-state index < -0.39 is 0 Å². The average Bonchev–Trinajstić information content (AvgIpc) is 2.73. The first kappa shape index (κ1) is 24.5. The fraction of sp³-hybridized carbons (Fsp3) is 0.333. The number of hydrogen-bond donors (Lipinski definition) is 2. The highest BCUT2D eigenvalue weighted by molar-refractivity contribution is 14.0. The summed E-state index contributed by atoms with van der Waals surface area (Å²) in [5.41, 5.74) is 1.04. The van der Waals surface area contributed by atoms with E-state index in [-0.39, 0.29) is 36.4 Å². The molecular formula is C21H29IN4O3. The summed E-state index contributed by atoms with van der Waals surface area (Å²) in [5.74, 6) is 2.15. The summed E-state index contributed by atoms with van der Waals surface area (Å²) in [7, 11) is 5.08. The van der Waals surface area contributed by atoms with Crippen LogP contribution in [-0.4, -0.2) is 57.7 Å². The number of aliphatic imine (C=N–C) groups is 1. The molecule has 0 radical (unpaired) electrons. The minimum absolute atomic E-state index is 0. The van der Waals surface area contributed by atoms with Crippen LogP contribution in [-0.2, 0) is 11.3 Å². The Balaban J connectivity index is 0.00000420. The lowest BCUT2D eigenvalue weighted by atomic mass is 10.2. The lowest BCUT2D eigenvalue weighted by Gasteiger charge is -2.15. The van der Waals surface area contributed by atoms with Crippen LogP contribution >= 0.6 is 24.0 Å². The third-order valence-electron chi connectivity index (χ3n) is 3.89. The van der Waals surface area contributed by atoms with Crippen LogP contribution in [0.1, 0.15) is 5.56 Å². The molecule has 2 N–H and O–H groups in total. The molecule has 0 saturated heterocycles.